The number of hydrogen-bond donors (Lipinski definition) is 2. The van der Waals surface area contributed by atoms with Gasteiger partial charge in [-0.3, -0.25) is 9.52 Å². The van der Waals surface area contributed by atoms with Crippen LogP contribution in [0.5, 0.6) is 0 Å². The summed E-state index contributed by atoms with van der Waals surface area (Å²) in [4.78, 5) is 12.8. The quantitative estimate of drug-likeness (QED) is 0.857. The van der Waals surface area contributed by atoms with Crippen LogP contribution in [0.2, 0.25) is 0 Å². The van der Waals surface area contributed by atoms with Crippen LogP contribution in [0.4, 0.5) is 15.8 Å². The third kappa shape index (κ3) is 3.82. The van der Waals surface area contributed by atoms with Gasteiger partial charge in [-0.25, -0.2) is 12.8 Å². The van der Waals surface area contributed by atoms with Crippen molar-refractivity contribution < 1.29 is 17.6 Å². The van der Waals surface area contributed by atoms with E-state index in [1.165, 1.54) is 12.1 Å². The molecule has 0 atom stereocenters. The molecule has 1 aliphatic rings. The minimum absolute atomic E-state index is 0.173. The molecule has 1 fully saturated rings. The lowest BCUT2D eigenvalue weighted by Crippen LogP contribution is -2.46. The monoisotopic (exact) mass is 362 g/mol. The Morgan fingerprint density at radius 2 is 1.72 bits per heavy atom. The van der Waals surface area contributed by atoms with Gasteiger partial charge in [0.05, 0.1) is 11.7 Å². The largest absolute Gasteiger partial charge is 0.325 e. The molecule has 1 amide bonds. The summed E-state index contributed by atoms with van der Waals surface area (Å²) in [6, 6.07) is 12.6. The highest BCUT2D eigenvalue weighted by molar-refractivity contribution is 7.92. The van der Waals surface area contributed by atoms with Crippen molar-refractivity contribution in [1.29, 1.82) is 0 Å². The van der Waals surface area contributed by atoms with Gasteiger partial charge in [-0.1, -0.05) is 18.6 Å². The molecule has 7 heteroatoms. The number of rotatable bonds is 5. The van der Waals surface area contributed by atoms with Crippen LogP contribution in [0.15, 0.2) is 48.5 Å². The lowest BCUT2D eigenvalue weighted by Gasteiger charge is -2.40. The minimum atomic E-state index is -3.34. The number of halogens is 1. The Labute approximate surface area is 146 Å². The van der Waals surface area contributed by atoms with Gasteiger partial charge in [0.1, 0.15) is 5.82 Å². The summed E-state index contributed by atoms with van der Waals surface area (Å²) < 4.78 is 38.3. The molecule has 0 radical (unpaired) electrons. The molecular weight excluding hydrogens is 343 g/mol. The van der Waals surface area contributed by atoms with E-state index in [1.807, 2.05) is 0 Å². The van der Waals surface area contributed by atoms with Gasteiger partial charge in [0.2, 0.25) is 15.9 Å². The molecule has 132 valence electrons. The summed E-state index contributed by atoms with van der Waals surface area (Å²) in [5.41, 5.74) is 0.966. The van der Waals surface area contributed by atoms with Gasteiger partial charge in [-0.2, -0.15) is 0 Å². The number of carbonyl (C=O) groups excluding carboxylic acids is 1. The molecule has 2 aromatic rings. The van der Waals surface area contributed by atoms with Crippen molar-refractivity contribution in [2.24, 2.45) is 0 Å². The summed E-state index contributed by atoms with van der Waals surface area (Å²) in [6.07, 6.45) is 3.34. The topological polar surface area (TPSA) is 75.3 Å². The molecule has 0 saturated heterocycles. The maximum absolute atomic E-state index is 13.5. The van der Waals surface area contributed by atoms with Gasteiger partial charge in [-0.15, -0.1) is 0 Å². The van der Waals surface area contributed by atoms with Crippen LogP contribution >= 0.6 is 0 Å². The van der Waals surface area contributed by atoms with Gasteiger partial charge in [-0.05, 0) is 54.8 Å². The number of anilines is 2. The molecule has 1 aliphatic carbocycles. The van der Waals surface area contributed by atoms with Crippen LogP contribution in [-0.2, 0) is 20.2 Å². The minimum Gasteiger partial charge on any atom is -0.325 e. The fourth-order valence-electron chi connectivity index (χ4n) is 3.05. The van der Waals surface area contributed by atoms with Gasteiger partial charge >= 0.3 is 0 Å². The number of nitrogens with one attached hydrogen (secondary N) is 2. The second kappa shape index (κ2) is 6.48. The first kappa shape index (κ1) is 17.4. The average Bonchev–Trinajstić information content (AvgIpc) is 2.47. The average molecular weight is 362 g/mol. The molecule has 2 N–H and O–H groups in total. The molecule has 2 aromatic carbocycles. The second-order valence-electron chi connectivity index (χ2n) is 6.35. The van der Waals surface area contributed by atoms with Crippen molar-refractivity contribution in [1.82, 2.24) is 0 Å². The fourth-order valence-corrected chi connectivity index (χ4v) is 3.61. The van der Waals surface area contributed by atoms with Gasteiger partial charge < -0.3 is 5.32 Å². The van der Waals surface area contributed by atoms with Gasteiger partial charge in [0, 0.05) is 11.4 Å². The lowest BCUT2D eigenvalue weighted by atomic mass is 9.63. The van der Waals surface area contributed by atoms with E-state index in [0.29, 0.717) is 29.8 Å². The Kier molecular flexibility index (Phi) is 4.51. The molecular formula is C18H19FN2O3S. The Balaban J connectivity index is 1.77. The zero-order valence-electron chi connectivity index (χ0n) is 13.8. The second-order valence-corrected chi connectivity index (χ2v) is 8.10. The van der Waals surface area contributed by atoms with Crippen LogP contribution in [0.3, 0.4) is 0 Å². The van der Waals surface area contributed by atoms with E-state index in [9.17, 15) is 17.6 Å². The van der Waals surface area contributed by atoms with E-state index >= 15 is 0 Å². The molecule has 0 bridgehead atoms. The fraction of sp³-hybridized carbons (Fsp3) is 0.278. The van der Waals surface area contributed by atoms with Crippen LogP contribution < -0.4 is 10.0 Å². The smallest absolute Gasteiger partial charge is 0.235 e. The molecule has 0 aliphatic heterocycles. The highest BCUT2D eigenvalue weighted by atomic mass is 32.2. The third-order valence-electron chi connectivity index (χ3n) is 4.46. The maximum Gasteiger partial charge on any atom is 0.235 e. The highest BCUT2D eigenvalue weighted by Gasteiger charge is 2.45. The van der Waals surface area contributed by atoms with E-state index in [1.54, 1.807) is 36.4 Å². The van der Waals surface area contributed by atoms with E-state index in [4.69, 9.17) is 0 Å². The highest BCUT2D eigenvalue weighted by Crippen LogP contribution is 2.44. The SMILES string of the molecule is CS(=O)(=O)Nc1ccc(NC(=O)C2(c3cccc(F)c3)CCC2)cc1. The number of carbonyl (C=O) groups is 1. The predicted molar refractivity (Wildman–Crippen MR) is 95.5 cm³/mol. The van der Waals surface area contributed by atoms with Crippen molar-refractivity contribution >= 4 is 27.3 Å². The first-order valence-corrected chi connectivity index (χ1v) is 9.83. The van der Waals surface area contributed by atoms with E-state index in [-0.39, 0.29) is 11.7 Å². The van der Waals surface area contributed by atoms with Crippen molar-refractivity contribution in [3.63, 3.8) is 0 Å². The Morgan fingerprint density at radius 3 is 2.24 bits per heavy atom. The van der Waals surface area contributed by atoms with Crippen molar-refractivity contribution in [2.75, 3.05) is 16.3 Å². The zero-order valence-corrected chi connectivity index (χ0v) is 14.6. The molecule has 0 spiro atoms. The van der Waals surface area contributed by atoms with E-state index in [0.717, 1.165) is 12.7 Å². The third-order valence-corrected chi connectivity index (χ3v) is 5.07. The number of benzene rings is 2. The standard InChI is InChI=1S/C18H19FN2O3S/c1-25(23,24)21-16-8-6-15(7-9-16)20-17(22)18(10-3-11-18)13-4-2-5-14(19)12-13/h2,4-9,12,21H,3,10-11H2,1H3,(H,20,22). The van der Waals surface area contributed by atoms with Crippen LogP contribution in [0, 0.1) is 5.82 Å². The van der Waals surface area contributed by atoms with Crippen molar-refractivity contribution in [3.05, 3.63) is 59.9 Å². The summed E-state index contributed by atoms with van der Waals surface area (Å²) >= 11 is 0. The summed E-state index contributed by atoms with van der Waals surface area (Å²) in [7, 11) is -3.34. The Bertz CT molecular complexity index is 891. The molecule has 0 unspecified atom stereocenters. The van der Waals surface area contributed by atoms with Crippen LogP contribution in [0.1, 0.15) is 24.8 Å². The number of sulfonamides is 1. The Hall–Kier alpha value is -2.41. The van der Waals surface area contributed by atoms with Crippen LogP contribution in [0.25, 0.3) is 0 Å². The first-order chi connectivity index (χ1) is 11.8. The zero-order chi connectivity index (χ0) is 18.1. The molecule has 0 aromatic heterocycles. The predicted octanol–water partition coefficient (Wildman–Crippen LogP) is 3.26. The molecule has 0 heterocycles. The normalized spacial score (nSPS) is 15.9. The van der Waals surface area contributed by atoms with E-state index in [2.05, 4.69) is 10.0 Å². The van der Waals surface area contributed by atoms with Crippen molar-refractivity contribution in [3.8, 4) is 0 Å². The molecule has 5 nitrogen and oxygen atoms in total. The number of hydrogen-bond acceptors (Lipinski definition) is 3. The number of amides is 1. The van der Waals surface area contributed by atoms with Gasteiger partial charge in [0.25, 0.3) is 0 Å². The molecule has 3 rings (SSSR count). The molecule has 1 saturated carbocycles. The Morgan fingerprint density at radius 1 is 1.08 bits per heavy atom. The summed E-state index contributed by atoms with van der Waals surface area (Å²) in [6.45, 7) is 0. The van der Waals surface area contributed by atoms with Crippen molar-refractivity contribution in [2.45, 2.75) is 24.7 Å². The van der Waals surface area contributed by atoms with Gasteiger partial charge in [0.15, 0.2) is 0 Å². The molecule has 25 heavy (non-hydrogen) atoms. The summed E-state index contributed by atoms with van der Waals surface area (Å²) in [5.74, 6) is -0.527. The van der Waals surface area contributed by atoms with E-state index < -0.39 is 15.4 Å². The first-order valence-electron chi connectivity index (χ1n) is 7.94. The lowest BCUT2D eigenvalue weighted by molar-refractivity contribution is -0.124. The summed E-state index contributed by atoms with van der Waals surface area (Å²) in [5, 5.41) is 2.85. The van der Waals surface area contributed by atoms with Crippen LogP contribution in [-0.4, -0.2) is 20.6 Å². The maximum atomic E-state index is 13.5.